The van der Waals surface area contributed by atoms with Crippen LogP contribution in [0.25, 0.3) is 11.1 Å². The summed E-state index contributed by atoms with van der Waals surface area (Å²) in [6.07, 6.45) is 1.92. The number of para-hydroxylation sites is 2. The van der Waals surface area contributed by atoms with Crippen molar-refractivity contribution in [2.24, 2.45) is 0 Å². The van der Waals surface area contributed by atoms with Crippen LogP contribution in [-0.2, 0) is 16.0 Å². The van der Waals surface area contributed by atoms with Crippen LogP contribution in [0.5, 0.6) is 0 Å². The Kier molecular flexibility index (Phi) is 2.67. The average molecular weight is 245 g/mol. The number of hydrogen-bond donors (Lipinski definition) is 0. The van der Waals surface area contributed by atoms with E-state index in [1.165, 1.54) is 0 Å². The molecule has 0 bridgehead atoms. The van der Waals surface area contributed by atoms with Gasteiger partial charge in [-0.1, -0.05) is 12.1 Å². The highest BCUT2D eigenvalue weighted by Crippen LogP contribution is 2.27. The van der Waals surface area contributed by atoms with Crippen LogP contribution in [-0.4, -0.2) is 23.0 Å². The molecule has 0 amide bonds. The minimum Gasteiger partial charge on any atom is -0.440 e. The number of nitrogens with zero attached hydrogens (tertiary/aromatic N) is 1. The number of carbonyl (C=O) groups excluding carboxylic acids is 1. The van der Waals surface area contributed by atoms with Gasteiger partial charge in [-0.15, -0.1) is 0 Å². The number of ketones is 1. The van der Waals surface area contributed by atoms with Gasteiger partial charge in [-0.3, -0.25) is 4.79 Å². The Labute approximate surface area is 105 Å². The first-order valence-corrected chi connectivity index (χ1v) is 6.19. The zero-order valence-electron chi connectivity index (χ0n) is 10.3. The normalized spacial score (nSPS) is 23.6. The summed E-state index contributed by atoms with van der Waals surface area (Å²) < 4.78 is 11.1. The van der Waals surface area contributed by atoms with Crippen molar-refractivity contribution in [1.29, 1.82) is 0 Å². The summed E-state index contributed by atoms with van der Waals surface area (Å²) in [4.78, 5) is 16.5. The van der Waals surface area contributed by atoms with Crippen LogP contribution < -0.4 is 0 Å². The van der Waals surface area contributed by atoms with Gasteiger partial charge in [0, 0.05) is 6.61 Å². The first-order valence-electron chi connectivity index (χ1n) is 6.19. The van der Waals surface area contributed by atoms with Gasteiger partial charge in [-0.05, 0) is 31.9 Å². The highest BCUT2D eigenvalue weighted by Gasteiger charge is 2.37. The predicted octanol–water partition coefficient (Wildman–Crippen LogP) is 2.51. The van der Waals surface area contributed by atoms with E-state index in [4.69, 9.17) is 9.15 Å². The largest absolute Gasteiger partial charge is 0.440 e. The van der Waals surface area contributed by atoms with E-state index >= 15 is 0 Å². The number of carbonyl (C=O) groups is 1. The molecule has 0 aliphatic carbocycles. The summed E-state index contributed by atoms with van der Waals surface area (Å²) in [5.41, 5.74) is 0.858. The lowest BCUT2D eigenvalue weighted by molar-refractivity contribution is -0.136. The van der Waals surface area contributed by atoms with Gasteiger partial charge in [0.2, 0.25) is 5.89 Å². The number of rotatable bonds is 3. The summed E-state index contributed by atoms with van der Waals surface area (Å²) in [6.45, 7) is 2.51. The number of benzene rings is 1. The molecule has 0 radical (unpaired) electrons. The van der Waals surface area contributed by atoms with Crippen molar-refractivity contribution in [2.75, 3.05) is 6.61 Å². The second-order valence-electron chi connectivity index (χ2n) is 4.86. The maximum Gasteiger partial charge on any atom is 0.203 e. The lowest BCUT2D eigenvalue weighted by Crippen LogP contribution is -2.35. The van der Waals surface area contributed by atoms with Gasteiger partial charge in [0.05, 0.1) is 6.42 Å². The summed E-state index contributed by atoms with van der Waals surface area (Å²) in [6, 6.07) is 7.52. The highest BCUT2D eigenvalue weighted by atomic mass is 16.5. The molecule has 3 rings (SSSR count). The van der Waals surface area contributed by atoms with Crippen LogP contribution in [0.2, 0.25) is 0 Å². The zero-order valence-corrected chi connectivity index (χ0v) is 10.3. The third kappa shape index (κ3) is 1.93. The number of oxazole rings is 1. The summed E-state index contributed by atoms with van der Waals surface area (Å²) >= 11 is 0. The van der Waals surface area contributed by atoms with Crippen LogP contribution >= 0.6 is 0 Å². The molecular formula is C14H15NO3. The van der Waals surface area contributed by atoms with Crippen molar-refractivity contribution in [2.45, 2.75) is 31.8 Å². The third-order valence-corrected chi connectivity index (χ3v) is 3.46. The SMILES string of the molecule is CC1(C(=O)Cc2nc3ccccc3o2)CCCO1. The van der Waals surface area contributed by atoms with E-state index in [2.05, 4.69) is 4.98 Å². The fourth-order valence-corrected chi connectivity index (χ4v) is 2.32. The van der Waals surface area contributed by atoms with E-state index in [1.54, 1.807) is 0 Å². The fourth-order valence-electron chi connectivity index (χ4n) is 2.32. The minimum absolute atomic E-state index is 0.0477. The maximum atomic E-state index is 12.2. The number of ether oxygens (including phenoxy) is 1. The van der Waals surface area contributed by atoms with Gasteiger partial charge in [0.15, 0.2) is 11.4 Å². The van der Waals surface area contributed by atoms with Gasteiger partial charge in [-0.2, -0.15) is 0 Å². The number of Topliss-reactive ketones (excluding diaryl/α,β-unsaturated/α-hetero) is 1. The van der Waals surface area contributed by atoms with E-state index < -0.39 is 5.60 Å². The quantitative estimate of drug-likeness (QED) is 0.833. The minimum atomic E-state index is -0.652. The molecule has 18 heavy (non-hydrogen) atoms. The van der Waals surface area contributed by atoms with Crippen molar-refractivity contribution < 1.29 is 13.9 Å². The van der Waals surface area contributed by atoms with Crippen LogP contribution in [0.1, 0.15) is 25.7 Å². The van der Waals surface area contributed by atoms with Crippen molar-refractivity contribution >= 4 is 16.9 Å². The Hall–Kier alpha value is -1.68. The van der Waals surface area contributed by atoms with Crippen LogP contribution in [0, 0.1) is 0 Å². The molecule has 1 aliphatic heterocycles. The van der Waals surface area contributed by atoms with Gasteiger partial charge >= 0.3 is 0 Å². The molecule has 94 valence electrons. The topological polar surface area (TPSA) is 52.3 Å². The van der Waals surface area contributed by atoms with E-state index in [-0.39, 0.29) is 12.2 Å². The second-order valence-corrected chi connectivity index (χ2v) is 4.86. The average Bonchev–Trinajstić information content (AvgIpc) is 2.95. The summed E-state index contributed by atoms with van der Waals surface area (Å²) in [5, 5.41) is 0. The first kappa shape index (κ1) is 11.4. The third-order valence-electron chi connectivity index (χ3n) is 3.46. The molecule has 1 unspecified atom stereocenters. The Morgan fingerprint density at radius 3 is 3.00 bits per heavy atom. The molecule has 2 heterocycles. The Bertz CT molecular complexity index is 548. The molecule has 0 N–H and O–H groups in total. The lowest BCUT2D eigenvalue weighted by atomic mass is 9.95. The van der Waals surface area contributed by atoms with Crippen molar-refractivity contribution in [3.63, 3.8) is 0 Å². The van der Waals surface area contributed by atoms with Gasteiger partial charge < -0.3 is 9.15 Å². The van der Waals surface area contributed by atoms with E-state index in [1.807, 2.05) is 31.2 Å². The van der Waals surface area contributed by atoms with E-state index in [9.17, 15) is 4.79 Å². The fraction of sp³-hybridized carbons (Fsp3) is 0.429. The van der Waals surface area contributed by atoms with Gasteiger partial charge in [0.25, 0.3) is 0 Å². The van der Waals surface area contributed by atoms with Crippen molar-refractivity contribution in [1.82, 2.24) is 4.98 Å². The summed E-state index contributed by atoms with van der Waals surface area (Å²) in [5.74, 6) is 0.518. The molecular weight excluding hydrogens is 230 g/mol. The molecule has 1 atom stereocenters. The van der Waals surface area contributed by atoms with Crippen LogP contribution in [0.3, 0.4) is 0 Å². The van der Waals surface area contributed by atoms with Crippen molar-refractivity contribution in [3.8, 4) is 0 Å². The molecule has 0 saturated carbocycles. The zero-order chi connectivity index (χ0) is 12.6. The lowest BCUT2D eigenvalue weighted by Gasteiger charge is -2.20. The molecule has 2 aromatic rings. The van der Waals surface area contributed by atoms with Gasteiger partial charge in [0.1, 0.15) is 11.1 Å². The maximum absolute atomic E-state index is 12.2. The van der Waals surface area contributed by atoms with E-state index in [0.717, 1.165) is 23.9 Å². The monoisotopic (exact) mass is 245 g/mol. The Morgan fingerprint density at radius 2 is 2.28 bits per heavy atom. The first-order chi connectivity index (χ1) is 8.67. The number of aromatic nitrogens is 1. The number of hydrogen-bond acceptors (Lipinski definition) is 4. The standard InChI is InChI=1S/C14H15NO3/c1-14(7-4-8-17-14)12(16)9-13-15-10-5-2-3-6-11(10)18-13/h2-3,5-6H,4,7-9H2,1H3. The molecule has 4 heteroatoms. The van der Waals surface area contributed by atoms with E-state index in [0.29, 0.717) is 12.5 Å². The Balaban J connectivity index is 1.81. The Morgan fingerprint density at radius 1 is 1.44 bits per heavy atom. The van der Waals surface area contributed by atoms with Crippen LogP contribution in [0.4, 0.5) is 0 Å². The molecule has 4 nitrogen and oxygen atoms in total. The molecule has 1 saturated heterocycles. The van der Waals surface area contributed by atoms with Crippen molar-refractivity contribution in [3.05, 3.63) is 30.2 Å². The second kappa shape index (κ2) is 4.21. The predicted molar refractivity (Wildman–Crippen MR) is 66.3 cm³/mol. The smallest absolute Gasteiger partial charge is 0.203 e. The van der Waals surface area contributed by atoms with Gasteiger partial charge in [-0.25, -0.2) is 4.98 Å². The molecule has 1 aliphatic rings. The molecule has 1 aromatic carbocycles. The van der Waals surface area contributed by atoms with Crippen LogP contribution in [0.15, 0.2) is 28.7 Å². The summed E-state index contributed by atoms with van der Waals surface area (Å²) in [7, 11) is 0. The molecule has 0 spiro atoms. The molecule has 1 fully saturated rings. The number of fused-ring (bicyclic) bond motifs is 1. The highest BCUT2D eigenvalue weighted by molar-refractivity contribution is 5.88. The molecule has 1 aromatic heterocycles.